The van der Waals surface area contributed by atoms with Gasteiger partial charge in [0.25, 0.3) is 5.91 Å². The van der Waals surface area contributed by atoms with E-state index in [1.165, 1.54) is 18.6 Å². The third-order valence-corrected chi connectivity index (χ3v) is 4.32. The number of nitriles is 1. The molecule has 1 amide bonds. The fourth-order valence-corrected chi connectivity index (χ4v) is 3.11. The molecule has 1 atom stereocenters. The minimum absolute atomic E-state index is 0.0456. The number of ether oxygens (including phenoxy) is 1. The van der Waals surface area contributed by atoms with Gasteiger partial charge in [-0.2, -0.15) is 17.0 Å². The predicted octanol–water partition coefficient (Wildman–Crippen LogP) is 1.95. The van der Waals surface area contributed by atoms with Crippen LogP contribution in [0.4, 0.5) is 0 Å². The molecule has 1 fully saturated rings. The van der Waals surface area contributed by atoms with Crippen LogP contribution in [0.5, 0.6) is 5.75 Å². The van der Waals surface area contributed by atoms with Gasteiger partial charge >= 0.3 is 0 Å². The number of thioether (sulfide) groups is 1. The van der Waals surface area contributed by atoms with Crippen LogP contribution in [0.15, 0.2) is 24.3 Å². The summed E-state index contributed by atoms with van der Waals surface area (Å²) in [6.45, 7) is 0.656. The van der Waals surface area contributed by atoms with Crippen LogP contribution in [0.2, 0.25) is 0 Å². The summed E-state index contributed by atoms with van der Waals surface area (Å²) in [7, 11) is 0. The fourth-order valence-electron chi connectivity index (χ4n) is 1.91. The van der Waals surface area contributed by atoms with Crippen LogP contribution in [0.1, 0.15) is 18.4 Å². The van der Waals surface area contributed by atoms with E-state index in [0.29, 0.717) is 23.1 Å². The predicted molar refractivity (Wildman–Crippen MR) is 75.1 cm³/mol. The number of hydrogen-bond acceptors (Lipinski definition) is 4. The number of carbonyl (C=O) groups excluding carboxylic acids is 1. The van der Waals surface area contributed by atoms with E-state index in [1.54, 1.807) is 24.3 Å². The molecule has 0 aromatic heterocycles. The molecule has 100 valence electrons. The van der Waals surface area contributed by atoms with E-state index >= 15 is 0 Å². The molecule has 0 bridgehead atoms. The first-order valence-electron chi connectivity index (χ1n) is 6.30. The Hall–Kier alpha value is -1.67. The largest absolute Gasteiger partial charge is 0.482 e. The average molecular weight is 276 g/mol. The lowest BCUT2D eigenvalue weighted by Crippen LogP contribution is -2.33. The summed E-state index contributed by atoms with van der Waals surface area (Å²) in [5.74, 6) is 1.50. The Morgan fingerprint density at radius 1 is 1.53 bits per heavy atom. The number of rotatable bonds is 5. The molecule has 1 saturated heterocycles. The zero-order valence-electron chi connectivity index (χ0n) is 10.6. The number of hydrogen-bond donors (Lipinski definition) is 1. The van der Waals surface area contributed by atoms with Crippen molar-refractivity contribution >= 4 is 17.7 Å². The molecule has 0 saturated carbocycles. The van der Waals surface area contributed by atoms with Crippen molar-refractivity contribution in [3.8, 4) is 11.8 Å². The quantitative estimate of drug-likeness (QED) is 0.893. The summed E-state index contributed by atoms with van der Waals surface area (Å²) in [6, 6.07) is 8.95. The molecule has 1 unspecified atom stereocenters. The highest BCUT2D eigenvalue weighted by molar-refractivity contribution is 8.00. The maximum Gasteiger partial charge on any atom is 0.257 e. The smallest absolute Gasteiger partial charge is 0.257 e. The summed E-state index contributed by atoms with van der Waals surface area (Å²) in [5.41, 5.74) is 0.446. The summed E-state index contributed by atoms with van der Waals surface area (Å²) in [6.07, 6.45) is 2.40. The number of benzene rings is 1. The van der Waals surface area contributed by atoms with Crippen LogP contribution in [0, 0.1) is 11.3 Å². The topological polar surface area (TPSA) is 62.1 Å². The van der Waals surface area contributed by atoms with Gasteiger partial charge in [0, 0.05) is 11.8 Å². The van der Waals surface area contributed by atoms with Crippen molar-refractivity contribution in [2.45, 2.75) is 18.1 Å². The van der Waals surface area contributed by atoms with Gasteiger partial charge in [-0.1, -0.05) is 12.1 Å². The van der Waals surface area contributed by atoms with Gasteiger partial charge in [0.1, 0.15) is 11.8 Å². The zero-order valence-corrected chi connectivity index (χ0v) is 11.4. The van der Waals surface area contributed by atoms with Gasteiger partial charge in [-0.05, 0) is 30.7 Å². The summed E-state index contributed by atoms with van der Waals surface area (Å²) in [5, 5.41) is 12.3. The molecule has 4 nitrogen and oxygen atoms in total. The van der Waals surface area contributed by atoms with Crippen molar-refractivity contribution in [2.24, 2.45) is 0 Å². The Balaban J connectivity index is 1.75. The Morgan fingerprint density at radius 3 is 3.11 bits per heavy atom. The summed E-state index contributed by atoms with van der Waals surface area (Å²) >= 11 is 1.91. The first kappa shape index (κ1) is 13.8. The van der Waals surface area contributed by atoms with Crippen LogP contribution in [0.3, 0.4) is 0 Å². The van der Waals surface area contributed by atoms with Crippen molar-refractivity contribution in [1.29, 1.82) is 5.26 Å². The van der Waals surface area contributed by atoms with E-state index in [0.717, 1.165) is 0 Å². The van der Waals surface area contributed by atoms with Crippen molar-refractivity contribution < 1.29 is 9.53 Å². The lowest BCUT2D eigenvalue weighted by Gasteiger charge is -2.11. The van der Waals surface area contributed by atoms with Crippen LogP contribution in [-0.2, 0) is 4.79 Å². The second-order valence-corrected chi connectivity index (χ2v) is 5.74. The minimum atomic E-state index is -0.139. The van der Waals surface area contributed by atoms with Crippen LogP contribution in [0.25, 0.3) is 0 Å². The van der Waals surface area contributed by atoms with E-state index in [-0.39, 0.29) is 12.5 Å². The standard InChI is InChI=1S/C14H16N2O2S/c15-8-11-4-1-2-6-13(11)18-10-14(17)16-9-12-5-3-7-19-12/h1-2,4,6,12H,3,5,7,9-10H2,(H,16,17). The van der Waals surface area contributed by atoms with Gasteiger partial charge in [-0.25, -0.2) is 0 Å². The molecular formula is C14H16N2O2S. The van der Waals surface area contributed by atoms with E-state index in [4.69, 9.17) is 10.00 Å². The average Bonchev–Trinajstić information content (AvgIpc) is 2.96. The summed E-state index contributed by atoms with van der Waals surface area (Å²) in [4.78, 5) is 11.6. The van der Waals surface area contributed by atoms with Crippen LogP contribution in [-0.4, -0.2) is 30.1 Å². The molecule has 1 N–H and O–H groups in total. The molecule has 0 aliphatic carbocycles. The molecule has 1 aliphatic heterocycles. The van der Waals surface area contributed by atoms with Crippen molar-refractivity contribution in [1.82, 2.24) is 5.32 Å². The SMILES string of the molecule is N#Cc1ccccc1OCC(=O)NCC1CCCS1. The monoisotopic (exact) mass is 276 g/mol. The Labute approximate surface area is 117 Å². The highest BCUT2D eigenvalue weighted by atomic mass is 32.2. The number of nitrogens with zero attached hydrogens (tertiary/aromatic N) is 1. The molecule has 0 spiro atoms. The molecular weight excluding hydrogens is 260 g/mol. The van der Waals surface area contributed by atoms with Gasteiger partial charge in [-0.3, -0.25) is 4.79 Å². The molecule has 0 radical (unpaired) electrons. The van der Waals surface area contributed by atoms with E-state index < -0.39 is 0 Å². The van der Waals surface area contributed by atoms with Gasteiger partial charge in [0.2, 0.25) is 0 Å². The highest BCUT2D eigenvalue weighted by Gasteiger charge is 2.16. The molecule has 1 aromatic rings. The van der Waals surface area contributed by atoms with Gasteiger partial charge in [-0.15, -0.1) is 0 Å². The van der Waals surface area contributed by atoms with Crippen LogP contribution >= 0.6 is 11.8 Å². The van der Waals surface area contributed by atoms with Gasteiger partial charge in [0.15, 0.2) is 6.61 Å². The number of carbonyl (C=O) groups is 1. The maximum atomic E-state index is 11.6. The number of amides is 1. The van der Waals surface area contributed by atoms with Crippen LogP contribution < -0.4 is 10.1 Å². The van der Waals surface area contributed by atoms with E-state index in [2.05, 4.69) is 5.32 Å². The Kier molecular flexibility index (Phi) is 5.10. The molecule has 19 heavy (non-hydrogen) atoms. The number of para-hydroxylation sites is 1. The zero-order chi connectivity index (χ0) is 13.5. The van der Waals surface area contributed by atoms with Crippen molar-refractivity contribution in [3.05, 3.63) is 29.8 Å². The maximum absolute atomic E-state index is 11.6. The lowest BCUT2D eigenvalue weighted by molar-refractivity contribution is -0.123. The second kappa shape index (κ2) is 7.05. The van der Waals surface area contributed by atoms with E-state index in [9.17, 15) is 4.79 Å². The lowest BCUT2D eigenvalue weighted by atomic mass is 10.2. The van der Waals surface area contributed by atoms with Gasteiger partial charge < -0.3 is 10.1 Å². The first-order valence-corrected chi connectivity index (χ1v) is 7.34. The minimum Gasteiger partial charge on any atom is -0.482 e. The molecule has 1 aromatic carbocycles. The van der Waals surface area contributed by atoms with Crippen molar-refractivity contribution in [3.63, 3.8) is 0 Å². The molecule has 1 heterocycles. The van der Waals surface area contributed by atoms with Crippen molar-refractivity contribution in [2.75, 3.05) is 18.9 Å². The normalized spacial score (nSPS) is 17.7. The first-order chi connectivity index (χ1) is 9.29. The molecule has 5 heteroatoms. The van der Waals surface area contributed by atoms with Gasteiger partial charge in [0.05, 0.1) is 5.56 Å². The molecule has 1 aliphatic rings. The second-order valence-electron chi connectivity index (χ2n) is 4.34. The van der Waals surface area contributed by atoms with E-state index in [1.807, 2.05) is 17.8 Å². The third kappa shape index (κ3) is 4.18. The Morgan fingerprint density at radius 2 is 2.37 bits per heavy atom. The number of nitrogens with one attached hydrogen (secondary N) is 1. The molecule has 2 rings (SSSR count). The Bertz CT molecular complexity index is 479. The summed E-state index contributed by atoms with van der Waals surface area (Å²) < 4.78 is 5.36. The highest BCUT2D eigenvalue weighted by Crippen LogP contribution is 2.25. The fraction of sp³-hybridized carbons (Fsp3) is 0.429. The third-order valence-electron chi connectivity index (χ3n) is 2.92.